The number of nitrogens with one attached hydrogen (secondary N) is 2. The number of anilines is 2. The lowest BCUT2D eigenvalue weighted by Gasteiger charge is -2.07. The summed E-state index contributed by atoms with van der Waals surface area (Å²) in [6, 6.07) is 20.0. The van der Waals surface area contributed by atoms with E-state index in [0.717, 1.165) is 4.90 Å². The molecule has 0 saturated heterocycles. The Bertz CT molecular complexity index is 1390. The quantitative estimate of drug-likeness (QED) is 0.157. The van der Waals surface area contributed by atoms with Crippen LogP contribution in [0, 0.1) is 10.1 Å². The standard InChI is InChI=1S/C24H17ClN4O4S2/c25-17-5-1-4-16(11-17)23(31)26-18-7-9-20(10-8-18)34-14-22(30)28-24-27-21(13-35-24)15-3-2-6-19(12-15)29(32)33/h1-13H,14H2,(H,26,31)(H,27,28,30). The second-order valence-corrected chi connectivity index (χ2v) is 9.51. The maximum absolute atomic E-state index is 12.3. The van der Waals surface area contributed by atoms with Crippen LogP contribution in [0.2, 0.25) is 5.02 Å². The fourth-order valence-electron chi connectivity index (χ4n) is 3.01. The fourth-order valence-corrected chi connectivity index (χ4v) is 4.64. The molecule has 0 fully saturated rings. The van der Waals surface area contributed by atoms with E-state index in [-0.39, 0.29) is 23.3 Å². The van der Waals surface area contributed by atoms with Crippen molar-refractivity contribution in [3.8, 4) is 11.3 Å². The number of nitro groups is 1. The zero-order valence-corrected chi connectivity index (χ0v) is 20.3. The molecule has 0 aliphatic rings. The Hall–Kier alpha value is -3.73. The van der Waals surface area contributed by atoms with Crippen LogP contribution in [0.5, 0.6) is 0 Å². The highest BCUT2D eigenvalue weighted by molar-refractivity contribution is 8.00. The fraction of sp³-hybridized carbons (Fsp3) is 0.0417. The molecular weight excluding hydrogens is 508 g/mol. The lowest BCUT2D eigenvalue weighted by atomic mass is 10.1. The van der Waals surface area contributed by atoms with Gasteiger partial charge in [0.05, 0.1) is 16.4 Å². The van der Waals surface area contributed by atoms with Gasteiger partial charge in [0.1, 0.15) is 0 Å². The molecule has 0 aliphatic carbocycles. The van der Waals surface area contributed by atoms with Crippen molar-refractivity contribution < 1.29 is 14.5 Å². The van der Waals surface area contributed by atoms with Crippen LogP contribution in [0.1, 0.15) is 10.4 Å². The highest BCUT2D eigenvalue weighted by atomic mass is 35.5. The zero-order chi connectivity index (χ0) is 24.8. The second kappa shape index (κ2) is 11.1. The first-order chi connectivity index (χ1) is 16.9. The van der Waals surface area contributed by atoms with E-state index in [1.54, 1.807) is 53.9 Å². The number of non-ortho nitro benzene ring substituents is 1. The van der Waals surface area contributed by atoms with Crippen molar-refractivity contribution in [3.05, 3.63) is 98.9 Å². The number of rotatable bonds is 8. The minimum Gasteiger partial charge on any atom is -0.322 e. The van der Waals surface area contributed by atoms with Crippen molar-refractivity contribution in [3.63, 3.8) is 0 Å². The zero-order valence-electron chi connectivity index (χ0n) is 17.9. The molecule has 11 heteroatoms. The first-order valence-electron chi connectivity index (χ1n) is 10.2. The number of aromatic nitrogens is 1. The third kappa shape index (κ3) is 6.66. The second-order valence-electron chi connectivity index (χ2n) is 7.17. The Morgan fingerprint density at radius 2 is 1.80 bits per heavy atom. The molecule has 0 spiro atoms. The van der Waals surface area contributed by atoms with Crippen molar-refractivity contribution >= 4 is 63.0 Å². The predicted octanol–water partition coefficient (Wildman–Crippen LogP) is 6.35. The maximum atomic E-state index is 12.3. The summed E-state index contributed by atoms with van der Waals surface area (Å²) in [5.74, 6) is -0.326. The van der Waals surface area contributed by atoms with Gasteiger partial charge in [0.2, 0.25) is 5.91 Å². The van der Waals surface area contributed by atoms with E-state index < -0.39 is 4.92 Å². The van der Waals surface area contributed by atoms with Crippen LogP contribution < -0.4 is 10.6 Å². The number of halogens is 1. The van der Waals surface area contributed by atoms with Gasteiger partial charge in [-0.3, -0.25) is 19.7 Å². The lowest BCUT2D eigenvalue weighted by Crippen LogP contribution is -2.13. The summed E-state index contributed by atoms with van der Waals surface area (Å²) in [7, 11) is 0. The van der Waals surface area contributed by atoms with Crippen LogP contribution in [0.25, 0.3) is 11.3 Å². The third-order valence-corrected chi connectivity index (χ3v) is 6.68. The first-order valence-corrected chi connectivity index (χ1v) is 12.4. The Morgan fingerprint density at radius 1 is 1.03 bits per heavy atom. The van der Waals surface area contributed by atoms with Crippen LogP contribution in [0.15, 0.2) is 83.1 Å². The molecule has 0 atom stereocenters. The summed E-state index contributed by atoms with van der Waals surface area (Å²) in [6.07, 6.45) is 0. The molecule has 4 rings (SSSR count). The highest BCUT2D eigenvalue weighted by Gasteiger charge is 2.12. The average Bonchev–Trinajstić information content (AvgIpc) is 3.32. The Kier molecular flexibility index (Phi) is 7.76. The number of thioether (sulfide) groups is 1. The van der Waals surface area contributed by atoms with Crippen LogP contribution in [0.3, 0.4) is 0 Å². The average molecular weight is 525 g/mol. The van der Waals surface area contributed by atoms with Gasteiger partial charge in [0.15, 0.2) is 5.13 Å². The summed E-state index contributed by atoms with van der Waals surface area (Å²) in [5.41, 5.74) is 2.22. The molecule has 0 bridgehead atoms. The van der Waals surface area contributed by atoms with E-state index in [2.05, 4.69) is 15.6 Å². The number of hydrogen-bond acceptors (Lipinski definition) is 7. The largest absolute Gasteiger partial charge is 0.322 e. The van der Waals surface area contributed by atoms with Gasteiger partial charge < -0.3 is 10.6 Å². The monoisotopic (exact) mass is 524 g/mol. The summed E-state index contributed by atoms with van der Waals surface area (Å²) in [5, 5.41) is 19.2. The van der Waals surface area contributed by atoms with Crippen LogP contribution in [0.4, 0.5) is 16.5 Å². The van der Waals surface area contributed by atoms with E-state index >= 15 is 0 Å². The Labute approximate surface area is 213 Å². The Balaban J connectivity index is 1.29. The Morgan fingerprint density at radius 3 is 2.54 bits per heavy atom. The highest BCUT2D eigenvalue weighted by Crippen LogP contribution is 2.28. The third-order valence-electron chi connectivity index (χ3n) is 4.67. The van der Waals surface area contributed by atoms with Crippen molar-refractivity contribution in [2.24, 2.45) is 0 Å². The number of amides is 2. The molecule has 176 valence electrons. The van der Waals surface area contributed by atoms with E-state index in [1.807, 2.05) is 12.1 Å². The van der Waals surface area contributed by atoms with E-state index in [4.69, 9.17) is 11.6 Å². The minimum absolute atomic E-state index is 0.0208. The van der Waals surface area contributed by atoms with Crippen molar-refractivity contribution in [2.75, 3.05) is 16.4 Å². The summed E-state index contributed by atoms with van der Waals surface area (Å²) in [6.45, 7) is 0. The number of hydrogen-bond donors (Lipinski definition) is 2. The number of carbonyl (C=O) groups is 2. The molecule has 0 unspecified atom stereocenters. The van der Waals surface area contributed by atoms with Crippen LogP contribution in [-0.2, 0) is 4.79 Å². The molecule has 2 amide bonds. The van der Waals surface area contributed by atoms with E-state index in [9.17, 15) is 19.7 Å². The van der Waals surface area contributed by atoms with Gasteiger partial charge in [-0.1, -0.05) is 29.8 Å². The molecule has 2 N–H and O–H groups in total. The number of carbonyl (C=O) groups excluding carboxylic acids is 2. The number of nitrogens with zero attached hydrogens (tertiary/aromatic N) is 2. The molecule has 1 heterocycles. The van der Waals surface area contributed by atoms with Gasteiger partial charge in [-0.15, -0.1) is 23.1 Å². The summed E-state index contributed by atoms with van der Waals surface area (Å²) in [4.78, 5) is 40.4. The number of thiazole rings is 1. The number of benzene rings is 3. The van der Waals surface area contributed by atoms with Crippen molar-refractivity contribution in [1.29, 1.82) is 0 Å². The van der Waals surface area contributed by atoms with Gasteiger partial charge in [-0.2, -0.15) is 0 Å². The normalized spacial score (nSPS) is 10.5. The lowest BCUT2D eigenvalue weighted by molar-refractivity contribution is -0.384. The minimum atomic E-state index is -0.463. The van der Waals surface area contributed by atoms with Gasteiger partial charge in [0.25, 0.3) is 11.6 Å². The smallest absolute Gasteiger partial charge is 0.270 e. The SMILES string of the molecule is O=C(CSc1ccc(NC(=O)c2cccc(Cl)c2)cc1)Nc1nc(-c2cccc([N+](=O)[O-])c2)cs1. The van der Waals surface area contributed by atoms with E-state index in [1.165, 1.54) is 35.2 Å². The van der Waals surface area contributed by atoms with Crippen LogP contribution >= 0.6 is 34.7 Å². The molecule has 3 aromatic carbocycles. The molecule has 35 heavy (non-hydrogen) atoms. The summed E-state index contributed by atoms with van der Waals surface area (Å²) >= 11 is 8.51. The predicted molar refractivity (Wildman–Crippen MR) is 139 cm³/mol. The molecule has 8 nitrogen and oxygen atoms in total. The molecule has 4 aromatic rings. The molecule has 1 aromatic heterocycles. The van der Waals surface area contributed by atoms with Gasteiger partial charge in [-0.25, -0.2) is 4.98 Å². The van der Waals surface area contributed by atoms with Crippen molar-refractivity contribution in [1.82, 2.24) is 4.98 Å². The molecule has 0 saturated carbocycles. The van der Waals surface area contributed by atoms with Crippen molar-refractivity contribution in [2.45, 2.75) is 4.90 Å². The van der Waals surface area contributed by atoms with Gasteiger partial charge in [-0.05, 0) is 42.5 Å². The molecule has 0 radical (unpaired) electrons. The number of nitro benzene ring substituents is 1. The maximum Gasteiger partial charge on any atom is 0.270 e. The van der Waals surface area contributed by atoms with Crippen LogP contribution in [-0.4, -0.2) is 27.5 Å². The molecule has 0 aliphatic heterocycles. The van der Waals surface area contributed by atoms with E-state index in [0.29, 0.717) is 32.7 Å². The summed E-state index contributed by atoms with van der Waals surface area (Å²) < 4.78 is 0. The topological polar surface area (TPSA) is 114 Å². The van der Waals surface area contributed by atoms with Gasteiger partial charge >= 0.3 is 0 Å². The molecular formula is C24H17ClN4O4S2. The first kappa shape index (κ1) is 24.4. The van der Waals surface area contributed by atoms with Gasteiger partial charge in [0, 0.05) is 44.2 Å².